The first-order valence-corrected chi connectivity index (χ1v) is 17.7. The Morgan fingerprint density at radius 1 is 0.385 bits per heavy atom. The number of fused-ring (bicyclic) bond motifs is 1. The predicted molar refractivity (Wildman–Crippen MR) is 189 cm³/mol. The van der Waals surface area contributed by atoms with E-state index in [9.17, 15) is 57.5 Å². The van der Waals surface area contributed by atoms with Crippen molar-refractivity contribution in [1.29, 1.82) is 0 Å². The van der Waals surface area contributed by atoms with E-state index in [4.69, 9.17) is 0 Å². The zero-order chi connectivity index (χ0) is 48.3. The second-order valence-corrected chi connectivity index (χ2v) is 13.7. The molecule has 7 rings (SSSR count). The summed E-state index contributed by atoms with van der Waals surface area (Å²) in [4.78, 5) is 12.3. The Hall–Kier alpha value is -6.94. The van der Waals surface area contributed by atoms with Gasteiger partial charge in [0.1, 0.15) is 52.7 Å². The van der Waals surface area contributed by atoms with E-state index in [1.165, 1.54) is 10.8 Å². The Morgan fingerprint density at radius 2 is 0.662 bits per heavy atom. The zero-order valence-corrected chi connectivity index (χ0v) is 31.6. The van der Waals surface area contributed by atoms with Crippen LogP contribution in [0.1, 0.15) is 16.1 Å². The highest BCUT2D eigenvalue weighted by atomic mass is 19.2. The van der Waals surface area contributed by atoms with Crippen molar-refractivity contribution >= 4 is 44.6 Å². The molecule has 6 aromatic carbocycles. The summed E-state index contributed by atoms with van der Waals surface area (Å²) in [5.41, 5.74) is -12.5. The maximum Gasteiger partial charge on any atom is 0.227 e. The van der Waals surface area contributed by atoms with E-state index in [0.717, 1.165) is 11.3 Å². The van der Waals surface area contributed by atoms with E-state index in [1.807, 2.05) is 53.2 Å². The van der Waals surface area contributed by atoms with Crippen LogP contribution < -0.4 is 26.4 Å². The molecule has 0 saturated carbocycles. The third kappa shape index (κ3) is 7.39. The van der Waals surface area contributed by atoms with E-state index in [0.29, 0.717) is 6.54 Å². The normalized spacial score (nSPS) is 11.6. The number of aromatic nitrogens is 1. The number of hydrogen-bond acceptors (Lipinski definition) is 1. The van der Waals surface area contributed by atoms with Crippen LogP contribution in [0.3, 0.4) is 0 Å². The van der Waals surface area contributed by atoms with Crippen LogP contribution in [0.2, 0.25) is 0 Å². The van der Waals surface area contributed by atoms with Crippen LogP contribution in [0.15, 0.2) is 66.9 Å². The van der Waals surface area contributed by atoms with Crippen molar-refractivity contribution < 1.29 is 97.2 Å². The van der Waals surface area contributed by atoms with Gasteiger partial charge in [0.05, 0.1) is 0 Å². The van der Waals surface area contributed by atoms with Gasteiger partial charge in [0.2, 0.25) is 12.3 Å². The van der Waals surface area contributed by atoms with Crippen LogP contribution in [0.4, 0.5) is 87.8 Å². The maximum atomic E-state index is 15.4. The lowest BCUT2D eigenvalue weighted by atomic mass is 9.12. The van der Waals surface area contributed by atoms with Gasteiger partial charge in [-0.3, -0.25) is 4.79 Å². The Balaban J connectivity index is 0.000000289. The first-order chi connectivity index (χ1) is 30.5. The van der Waals surface area contributed by atoms with Gasteiger partial charge in [0, 0.05) is 23.9 Å². The Bertz CT molecular complexity index is 2730. The molecule has 65 heavy (non-hydrogen) atoms. The third-order valence-electron chi connectivity index (χ3n) is 10.3. The second kappa shape index (κ2) is 17.6. The van der Waals surface area contributed by atoms with Crippen LogP contribution in [0.5, 0.6) is 0 Å². The molecular formula is C42H16BF20NO. The summed E-state index contributed by atoms with van der Waals surface area (Å²) in [6.45, 7) is 2.43. The van der Waals surface area contributed by atoms with Crippen LogP contribution in [0.25, 0.3) is 10.8 Å². The van der Waals surface area contributed by atoms with E-state index in [2.05, 4.69) is 25.1 Å². The highest BCUT2D eigenvalue weighted by Crippen LogP contribution is 2.31. The largest absolute Gasteiger partial charge is 0.287 e. The summed E-state index contributed by atoms with van der Waals surface area (Å²) in [5, 5.41) is 2.39. The fraction of sp³-hybridized carbons (Fsp3) is 0.0476. The van der Waals surface area contributed by atoms with E-state index < -0.39 is 144 Å². The van der Waals surface area contributed by atoms with Gasteiger partial charge in [-0.05, 0) is 11.5 Å². The minimum atomic E-state index is -7.22. The van der Waals surface area contributed by atoms with Gasteiger partial charge < -0.3 is 0 Å². The van der Waals surface area contributed by atoms with E-state index in [-0.39, 0.29) is 5.78 Å². The summed E-state index contributed by atoms with van der Waals surface area (Å²) < 4.78 is 296. The number of halogens is 20. The number of pyridine rings is 1. The second-order valence-electron chi connectivity index (χ2n) is 13.7. The van der Waals surface area contributed by atoms with Gasteiger partial charge in [0.25, 0.3) is 0 Å². The molecular weight excluding hydrogens is 925 g/mol. The number of carbonyl (C=O) groups excluding carboxylic acids is 1. The molecule has 0 N–H and O–H groups in total. The maximum absolute atomic E-state index is 15.4. The molecule has 0 bridgehead atoms. The Morgan fingerprint density at radius 3 is 0.985 bits per heavy atom. The lowest BCUT2D eigenvalue weighted by Gasteiger charge is -2.44. The lowest BCUT2D eigenvalue weighted by Crippen LogP contribution is -2.81. The van der Waals surface area contributed by atoms with Crippen LogP contribution in [0, 0.1) is 123 Å². The van der Waals surface area contributed by atoms with E-state index >= 15 is 35.1 Å². The number of ketones is 1. The fourth-order valence-corrected chi connectivity index (χ4v) is 7.32. The van der Waals surface area contributed by atoms with Crippen molar-refractivity contribution in [3.05, 3.63) is 194 Å². The number of Topliss-reactive ketones (excluding diaryl/α,β-unsaturated/α-hetero) is 1. The number of aryl methyl sites for hydroxylation is 1. The van der Waals surface area contributed by atoms with Gasteiger partial charge in [-0.15, -0.1) is 21.9 Å². The van der Waals surface area contributed by atoms with Gasteiger partial charge in [-0.1, -0.05) is 48.5 Å². The zero-order valence-electron chi connectivity index (χ0n) is 31.6. The molecule has 1 aromatic heterocycles. The molecule has 0 saturated heterocycles. The number of benzene rings is 6. The molecule has 0 aliphatic heterocycles. The number of rotatable bonds is 7. The molecule has 0 unspecified atom stereocenters. The van der Waals surface area contributed by atoms with Gasteiger partial charge in [0.15, 0.2) is 81.7 Å². The topological polar surface area (TPSA) is 20.9 Å². The number of carbonyl (C=O) groups is 1. The highest BCUT2D eigenvalue weighted by Gasteiger charge is 2.52. The molecule has 0 atom stereocenters. The number of nitrogens with zero attached hydrogens (tertiary/aromatic N) is 1. The van der Waals surface area contributed by atoms with Crippen molar-refractivity contribution in [2.75, 3.05) is 0 Å². The molecule has 0 spiro atoms. The minimum absolute atomic E-state index is 0.133. The summed E-state index contributed by atoms with van der Waals surface area (Å²) >= 11 is 0. The van der Waals surface area contributed by atoms with Gasteiger partial charge in [-0.25, -0.2) is 87.8 Å². The SMILES string of the molecule is Cc1c2ccccc2cc[n+]1CC(=O)c1ccccc1.Fc1c(F)c(F)c([B-](c2c(F)c(F)c(F)c(F)c2F)(c2c(F)c(F)c(F)c(F)c2F)c2c(F)c(F)c(F)c(F)c2F)c(F)c1F. The lowest BCUT2D eigenvalue weighted by molar-refractivity contribution is -0.687. The van der Waals surface area contributed by atoms with Crippen molar-refractivity contribution in [1.82, 2.24) is 0 Å². The van der Waals surface area contributed by atoms with Crippen molar-refractivity contribution in [2.24, 2.45) is 0 Å². The average molecular weight is 941 g/mol. The van der Waals surface area contributed by atoms with Crippen molar-refractivity contribution in [3.63, 3.8) is 0 Å². The van der Waals surface area contributed by atoms with Gasteiger partial charge in [-0.2, -0.15) is 4.57 Å². The highest BCUT2D eigenvalue weighted by molar-refractivity contribution is 7.20. The summed E-state index contributed by atoms with van der Waals surface area (Å²) in [7, 11) is 0. The van der Waals surface area contributed by atoms with Crippen molar-refractivity contribution in [2.45, 2.75) is 13.5 Å². The standard InChI is InChI=1S/C24BF20.C18H16NO/c26-5-1(6(27)14(35)21(42)13(5)34)25(2-7(28)15(36)22(43)16(37)8(2)29,3-9(30)17(38)23(44)18(39)10(3)31)4-11(32)19(40)24(45)20(41)12(4)33;1-14-17-10-6-5-7-15(17)11-12-19(14)13-18(20)16-8-3-2-4-9-16/h;2-12H,13H2,1H3/q-1;+1. The monoisotopic (exact) mass is 941 g/mol. The van der Waals surface area contributed by atoms with Crippen LogP contribution in [-0.4, -0.2) is 11.9 Å². The summed E-state index contributed by atoms with van der Waals surface area (Å²) in [6.07, 6.45) is -5.23. The van der Waals surface area contributed by atoms with Crippen LogP contribution >= 0.6 is 0 Å². The first kappa shape index (κ1) is 47.5. The summed E-state index contributed by atoms with van der Waals surface area (Å²) in [5.74, 6) is -71.3. The molecule has 338 valence electrons. The predicted octanol–water partition coefficient (Wildman–Crippen LogP) is 9.16. The Labute approximate surface area is 349 Å². The summed E-state index contributed by atoms with van der Waals surface area (Å²) in [6, 6.07) is 19.7. The molecule has 1 heterocycles. The smallest absolute Gasteiger partial charge is 0.227 e. The molecule has 7 aromatic rings. The minimum Gasteiger partial charge on any atom is -0.287 e. The van der Waals surface area contributed by atoms with E-state index in [1.54, 1.807) is 0 Å². The van der Waals surface area contributed by atoms with Crippen molar-refractivity contribution in [3.8, 4) is 0 Å². The molecule has 0 aliphatic carbocycles. The Kier molecular flexibility index (Phi) is 12.8. The number of hydrogen-bond donors (Lipinski definition) is 0. The molecule has 0 aliphatic rings. The average Bonchev–Trinajstić information content (AvgIpc) is 3.30. The van der Waals surface area contributed by atoms with Crippen LogP contribution in [-0.2, 0) is 6.54 Å². The third-order valence-corrected chi connectivity index (χ3v) is 10.3. The first-order valence-electron chi connectivity index (χ1n) is 17.7. The molecule has 0 amide bonds. The molecule has 0 radical (unpaired) electrons. The molecule has 0 fully saturated rings. The molecule has 23 heteroatoms. The molecule has 2 nitrogen and oxygen atoms in total. The van der Waals surface area contributed by atoms with Gasteiger partial charge >= 0.3 is 0 Å². The quantitative estimate of drug-likeness (QED) is 0.0391. The fourth-order valence-electron chi connectivity index (χ4n) is 7.32.